The first-order valence-electron chi connectivity index (χ1n) is 15.5. The third-order valence-corrected chi connectivity index (χ3v) is 8.19. The van der Waals surface area contributed by atoms with Crippen LogP contribution in [0.2, 0.25) is 0 Å². The van der Waals surface area contributed by atoms with E-state index < -0.39 is 53.7 Å². The fraction of sp³-hybridized carbons (Fsp3) is 0.222. The van der Waals surface area contributed by atoms with Gasteiger partial charge in [-0.1, -0.05) is 30.3 Å². The third-order valence-electron chi connectivity index (χ3n) is 8.19. The average Bonchev–Trinajstić information content (AvgIpc) is 3.43. The van der Waals surface area contributed by atoms with E-state index in [1.165, 1.54) is 30.5 Å². The lowest BCUT2D eigenvalue weighted by Gasteiger charge is -2.23. The molecule has 6 rings (SSSR count). The first-order chi connectivity index (χ1) is 23.5. The minimum Gasteiger partial charge on any atom is -0.428 e. The highest BCUT2D eigenvalue weighted by atomic mass is 19.3. The van der Waals surface area contributed by atoms with Gasteiger partial charge in [0.05, 0.1) is 23.0 Å². The number of carbonyl (C=O) groups excluding carboxylic acids is 2. The number of ether oxygens (including phenoxy) is 1. The normalized spacial score (nSPS) is 13.4. The minimum absolute atomic E-state index is 0.0698. The number of fused-ring (bicyclic) bond motifs is 1. The number of nitrogens with one attached hydrogen (secondary N) is 1. The number of hydrogen-bond donors (Lipinski definition) is 2. The van der Waals surface area contributed by atoms with Crippen LogP contribution >= 0.6 is 0 Å². The van der Waals surface area contributed by atoms with Gasteiger partial charge >= 0.3 is 6.11 Å². The molecule has 2 aromatic heterocycles. The molecule has 1 aliphatic carbocycles. The van der Waals surface area contributed by atoms with Crippen LogP contribution < -0.4 is 15.8 Å². The maximum Gasteiger partial charge on any atom is 0.444 e. The van der Waals surface area contributed by atoms with Gasteiger partial charge in [0.2, 0.25) is 5.91 Å². The van der Waals surface area contributed by atoms with Crippen molar-refractivity contribution in [3.8, 4) is 16.9 Å². The SMILES string of the molecule is NC(=O)c1cc(-c2cccnc2C(Cc2cc(F)cc(F)c2)NC(=O)Cn2nc3c(c2C(F)(F)Oc2ccccc2)CCCC3)ccc1F. The Balaban J connectivity index is 1.37. The van der Waals surface area contributed by atoms with Gasteiger partial charge in [-0.25, -0.2) is 17.9 Å². The lowest BCUT2D eigenvalue weighted by molar-refractivity contribution is -0.191. The molecule has 0 spiro atoms. The number of hydrogen-bond acceptors (Lipinski definition) is 5. The highest BCUT2D eigenvalue weighted by molar-refractivity contribution is 5.94. The van der Waals surface area contributed by atoms with Crippen molar-refractivity contribution < 1.29 is 36.3 Å². The summed E-state index contributed by atoms with van der Waals surface area (Å²) in [5.41, 5.74) is 6.24. The zero-order valence-electron chi connectivity index (χ0n) is 25.9. The van der Waals surface area contributed by atoms with E-state index in [0.717, 1.165) is 29.3 Å². The lowest BCUT2D eigenvalue weighted by Crippen LogP contribution is -2.36. The molecule has 252 valence electrons. The van der Waals surface area contributed by atoms with Crippen molar-refractivity contribution in [3.05, 3.63) is 136 Å². The van der Waals surface area contributed by atoms with Gasteiger partial charge in [-0.3, -0.25) is 14.6 Å². The van der Waals surface area contributed by atoms with Crippen LogP contribution in [0.1, 0.15) is 57.5 Å². The van der Waals surface area contributed by atoms with Gasteiger partial charge in [-0.05, 0) is 85.7 Å². The van der Waals surface area contributed by atoms with Crippen LogP contribution in [0.15, 0.2) is 85.1 Å². The molecule has 1 atom stereocenters. The van der Waals surface area contributed by atoms with Crippen LogP contribution in [0, 0.1) is 17.5 Å². The van der Waals surface area contributed by atoms with Gasteiger partial charge in [0.15, 0.2) is 5.69 Å². The van der Waals surface area contributed by atoms with Gasteiger partial charge < -0.3 is 15.8 Å². The molecule has 0 radical (unpaired) electrons. The summed E-state index contributed by atoms with van der Waals surface area (Å²) < 4.78 is 80.6. The molecule has 5 aromatic rings. The van der Waals surface area contributed by atoms with Gasteiger partial charge in [0, 0.05) is 23.4 Å². The highest BCUT2D eigenvalue weighted by Crippen LogP contribution is 2.38. The highest BCUT2D eigenvalue weighted by Gasteiger charge is 2.43. The second-order valence-corrected chi connectivity index (χ2v) is 11.7. The molecule has 0 bridgehead atoms. The Morgan fingerprint density at radius 1 is 0.939 bits per heavy atom. The standard InChI is InChI=1S/C36H30F5N5O3/c37-23-15-21(16-24(38)19-23)17-31(33-26(10-6-14-43-33)22-12-13-29(39)28(18-22)35(42)48)44-32(47)20-46-34(27-9-4-5-11-30(27)45-46)36(40,41)49-25-7-2-1-3-8-25/h1-3,6-8,10,12-16,18-19,31H,4-5,9,11,17,20H2,(H2,42,48)(H,44,47). The van der Waals surface area contributed by atoms with Crippen molar-refractivity contribution in [1.29, 1.82) is 0 Å². The van der Waals surface area contributed by atoms with Crippen LogP contribution in [0.3, 0.4) is 0 Å². The molecule has 0 saturated heterocycles. The van der Waals surface area contributed by atoms with Crippen LogP contribution in [0.25, 0.3) is 11.1 Å². The zero-order valence-corrected chi connectivity index (χ0v) is 25.9. The second kappa shape index (κ2) is 13.9. The van der Waals surface area contributed by atoms with Gasteiger partial charge in [-0.2, -0.15) is 13.9 Å². The van der Waals surface area contributed by atoms with E-state index in [0.29, 0.717) is 47.7 Å². The number of benzene rings is 3. The number of amides is 2. The van der Waals surface area contributed by atoms with Crippen LogP contribution in [0.5, 0.6) is 5.75 Å². The summed E-state index contributed by atoms with van der Waals surface area (Å²) in [6.45, 7) is -0.644. The molecule has 1 unspecified atom stereocenters. The van der Waals surface area contributed by atoms with E-state index in [4.69, 9.17) is 10.5 Å². The molecule has 0 saturated carbocycles. The van der Waals surface area contributed by atoms with E-state index in [-0.39, 0.29) is 29.0 Å². The number of nitrogens with zero attached hydrogens (tertiary/aromatic N) is 3. The quantitative estimate of drug-likeness (QED) is 0.154. The number of para-hydroxylation sites is 1. The van der Waals surface area contributed by atoms with Gasteiger partial charge in [-0.15, -0.1) is 0 Å². The predicted molar refractivity (Wildman–Crippen MR) is 169 cm³/mol. The number of rotatable bonds is 11. The summed E-state index contributed by atoms with van der Waals surface area (Å²) in [7, 11) is 0. The summed E-state index contributed by atoms with van der Waals surface area (Å²) in [6, 6.07) is 16.2. The van der Waals surface area contributed by atoms with Crippen molar-refractivity contribution in [3.63, 3.8) is 0 Å². The average molecular weight is 676 g/mol. The van der Waals surface area contributed by atoms with E-state index in [1.807, 2.05) is 0 Å². The Bertz CT molecular complexity index is 2000. The van der Waals surface area contributed by atoms with Crippen LogP contribution in [-0.2, 0) is 36.7 Å². The van der Waals surface area contributed by atoms with Crippen molar-refractivity contribution in [2.75, 3.05) is 0 Å². The molecular formula is C36H30F5N5O3. The molecule has 49 heavy (non-hydrogen) atoms. The smallest absolute Gasteiger partial charge is 0.428 e. The Labute approximate surface area is 277 Å². The Hall–Kier alpha value is -5.59. The molecule has 2 amide bonds. The maximum absolute atomic E-state index is 15.9. The topological polar surface area (TPSA) is 112 Å². The van der Waals surface area contributed by atoms with Crippen molar-refractivity contribution in [2.24, 2.45) is 5.73 Å². The molecule has 3 N–H and O–H groups in total. The summed E-state index contributed by atoms with van der Waals surface area (Å²) >= 11 is 0. The summed E-state index contributed by atoms with van der Waals surface area (Å²) in [6.07, 6.45) is -0.406. The molecule has 3 aromatic carbocycles. The molecule has 1 aliphatic rings. The summed E-state index contributed by atoms with van der Waals surface area (Å²) in [4.78, 5) is 30.1. The molecule has 13 heteroatoms. The second-order valence-electron chi connectivity index (χ2n) is 11.7. The molecule has 2 heterocycles. The molecule has 0 fully saturated rings. The first kappa shape index (κ1) is 33.3. The zero-order chi connectivity index (χ0) is 34.7. The Kier molecular flexibility index (Phi) is 9.43. The number of alkyl halides is 2. The maximum atomic E-state index is 15.9. The summed E-state index contributed by atoms with van der Waals surface area (Å²) in [5.74, 6) is -4.37. The van der Waals surface area contributed by atoms with E-state index in [9.17, 15) is 22.8 Å². The largest absolute Gasteiger partial charge is 0.444 e. The Morgan fingerprint density at radius 2 is 1.67 bits per heavy atom. The molecule has 0 aliphatic heterocycles. The molecule has 8 nitrogen and oxygen atoms in total. The Morgan fingerprint density at radius 3 is 2.41 bits per heavy atom. The van der Waals surface area contributed by atoms with Crippen LogP contribution in [0.4, 0.5) is 22.0 Å². The van der Waals surface area contributed by atoms with Gasteiger partial charge in [0.25, 0.3) is 5.91 Å². The fourth-order valence-electron chi connectivity index (χ4n) is 6.11. The minimum atomic E-state index is -3.84. The number of carbonyl (C=O) groups is 2. The fourth-order valence-corrected chi connectivity index (χ4v) is 6.11. The number of halogens is 5. The lowest BCUT2D eigenvalue weighted by atomic mass is 9.94. The number of pyridine rings is 1. The van der Waals surface area contributed by atoms with Crippen molar-refractivity contribution in [2.45, 2.75) is 50.8 Å². The number of aryl methyl sites for hydroxylation is 1. The number of nitrogens with two attached hydrogens (primary N) is 1. The predicted octanol–water partition coefficient (Wildman–Crippen LogP) is 6.57. The first-order valence-corrected chi connectivity index (χ1v) is 15.5. The summed E-state index contributed by atoms with van der Waals surface area (Å²) in [5, 5.41) is 7.17. The number of primary amides is 1. The van der Waals surface area contributed by atoms with E-state index in [2.05, 4.69) is 15.4 Å². The number of aromatic nitrogens is 3. The van der Waals surface area contributed by atoms with E-state index in [1.54, 1.807) is 30.3 Å². The van der Waals surface area contributed by atoms with Crippen molar-refractivity contribution >= 4 is 11.8 Å². The third kappa shape index (κ3) is 7.45. The van der Waals surface area contributed by atoms with Gasteiger partial charge in [0.1, 0.15) is 29.7 Å². The monoisotopic (exact) mass is 675 g/mol. The molecular weight excluding hydrogens is 645 g/mol. The van der Waals surface area contributed by atoms with Crippen LogP contribution in [-0.4, -0.2) is 26.6 Å². The van der Waals surface area contributed by atoms with E-state index >= 15 is 8.78 Å². The van der Waals surface area contributed by atoms with Crippen molar-refractivity contribution in [1.82, 2.24) is 20.1 Å².